The van der Waals surface area contributed by atoms with E-state index in [1.807, 2.05) is 0 Å². The molecule has 0 spiro atoms. The highest BCUT2D eigenvalue weighted by Crippen LogP contribution is 2.54. The van der Waals surface area contributed by atoms with Crippen LogP contribution in [-0.2, 0) is 6.42 Å². The van der Waals surface area contributed by atoms with Crippen molar-refractivity contribution in [3.63, 3.8) is 0 Å². The lowest BCUT2D eigenvalue weighted by Crippen LogP contribution is -2.33. The van der Waals surface area contributed by atoms with Gasteiger partial charge in [0.05, 0.1) is 9.52 Å². The Morgan fingerprint density at radius 3 is 1.85 bits per heavy atom. The topological polar surface area (TPSA) is 0 Å². The number of hydrogen-bond acceptors (Lipinski definition) is 0. The van der Waals surface area contributed by atoms with E-state index in [1.165, 1.54) is 44.2 Å². The van der Waals surface area contributed by atoms with Gasteiger partial charge in [0.2, 0.25) is 0 Å². The zero-order chi connectivity index (χ0) is 19.9. The van der Waals surface area contributed by atoms with Gasteiger partial charge in [0.15, 0.2) is 0 Å². The standard InChI is InChI=1S/C26H32Si/c1-16-12-17(2)14-25(13-16)27-26(22(7)20(5)21(6)23(26)8)15-24-11-9-10-18(3)19(24)4/h9-14H,15H2,1-8H3. The van der Waals surface area contributed by atoms with Crippen LogP contribution in [0.2, 0.25) is 5.04 Å². The minimum Gasteiger partial charge on any atom is -0.0624 e. The third-order valence-corrected chi connectivity index (χ3v) is 8.65. The monoisotopic (exact) mass is 372 g/mol. The molecule has 0 nitrogen and oxygen atoms in total. The number of hydrogen-bond donors (Lipinski definition) is 0. The fourth-order valence-electron chi connectivity index (χ4n) is 4.56. The van der Waals surface area contributed by atoms with Gasteiger partial charge < -0.3 is 0 Å². The summed E-state index contributed by atoms with van der Waals surface area (Å²) in [6.07, 6.45) is 1.10. The van der Waals surface area contributed by atoms with Gasteiger partial charge in [0.1, 0.15) is 0 Å². The molecular weight excluding hydrogens is 340 g/mol. The van der Waals surface area contributed by atoms with Crippen LogP contribution in [0.15, 0.2) is 58.7 Å². The van der Waals surface area contributed by atoms with Crippen molar-refractivity contribution in [3.05, 3.63) is 86.5 Å². The van der Waals surface area contributed by atoms with E-state index in [0.29, 0.717) is 0 Å². The Hall–Kier alpha value is -1.86. The molecule has 3 rings (SSSR count). The number of aryl methyl sites for hydroxylation is 3. The first-order chi connectivity index (χ1) is 12.7. The van der Waals surface area contributed by atoms with Gasteiger partial charge in [-0.15, -0.1) is 0 Å². The third-order valence-electron chi connectivity index (χ3n) is 6.72. The van der Waals surface area contributed by atoms with Gasteiger partial charge in [0, 0.05) is 5.04 Å². The molecule has 0 saturated carbocycles. The molecular formula is C26H32Si. The second-order valence-electron chi connectivity index (χ2n) is 8.44. The van der Waals surface area contributed by atoms with E-state index >= 15 is 0 Å². The molecule has 1 aliphatic carbocycles. The van der Waals surface area contributed by atoms with E-state index in [0.717, 1.165) is 15.9 Å². The Kier molecular flexibility index (Phi) is 5.36. The lowest BCUT2D eigenvalue weighted by Gasteiger charge is -2.35. The molecule has 2 radical (unpaired) electrons. The maximum atomic E-state index is 2.39. The number of rotatable bonds is 4. The van der Waals surface area contributed by atoms with Gasteiger partial charge in [0.25, 0.3) is 0 Å². The Morgan fingerprint density at radius 1 is 0.741 bits per heavy atom. The summed E-state index contributed by atoms with van der Waals surface area (Å²) in [6.45, 7) is 18.3. The van der Waals surface area contributed by atoms with Crippen molar-refractivity contribution in [1.29, 1.82) is 0 Å². The van der Waals surface area contributed by atoms with Crippen LogP contribution >= 0.6 is 0 Å². The van der Waals surface area contributed by atoms with E-state index in [4.69, 9.17) is 0 Å². The zero-order valence-electron chi connectivity index (χ0n) is 18.2. The second kappa shape index (κ2) is 7.28. The van der Waals surface area contributed by atoms with Gasteiger partial charge >= 0.3 is 0 Å². The van der Waals surface area contributed by atoms with Crippen molar-refractivity contribution in [1.82, 2.24) is 0 Å². The predicted molar refractivity (Wildman–Crippen MR) is 120 cm³/mol. The first kappa shape index (κ1) is 19.9. The van der Waals surface area contributed by atoms with Crippen molar-refractivity contribution in [2.75, 3.05) is 0 Å². The molecule has 0 unspecified atom stereocenters. The van der Waals surface area contributed by atoms with E-state index in [1.54, 1.807) is 11.1 Å². The molecule has 2 aromatic carbocycles. The summed E-state index contributed by atoms with van der Waals surface area (Å²) in [6, 6.07) is 13.8. The van der Waals surface area contributed by atoms with Crippen molar-refractivity contribution < 1.29 is 0 Å². The highest BCUT2D eigenvalue weighted by atomic mass is 28.2. The number of benzene rings is 2. The molecule has 0 saturated heterocycles. The SMILES string of the molecule is CC1=C(C)C(Cc2cccc(C)c2C)([Si]c2cc(C)cc(C)c2)C(C)=C1C. The Balaban J connectivity index is 2.15. The fourth-order valence-corrected chi connectivity index (χ4v) is 6.68. The molecule has 1 aliphatic rings. The van der Waals surface area contributed by atoms with E-state index in [2.05, 4.69) is 91.8 Å². The molecule has 27 heavy (non-hydrogen) atoms. The van der Waals surface area contributed by atoms with E-state index < -0.39 is 0 Å². The van der Waals surface area contributed by atoms with Crippen LogP contribution in [0.1, 0.15) is 55.5 Å². The van der Waals surface area contributed by atoms with Crippen molar-refractivity contribution in [2.45, 2.75) is 66.8 Å². The van der Waals surface area contributed by atoms with E-state index in [-0.39, 0.29) is 5.04 Å². The third kappa shape index (κ3) is 3.50. The largest absolute Gasteiger partial charge is 0.0988 e. The van der Waals surface area contributed by atoms with Gasteiger partial charge in [-0.25, -0.2) is 0 Å². The summed E-state index contributed by atoms with van der Waals surface area (Å²) in [7, 11) is 0.757. The summed E-state index contributed by atoms with van der Waals surface area (Å²) in [4.78, 5) is 0. The van der Waals surface area contributed by atoms with Crippen molar-refractivity contribution in [2.24, 2.45) is 0 Å². The predicted octanol–water partition coefficient (Wildman–Crippen LogP) is 6.34. The first-order valence-corrected chi connectivity index (χ1v) is 10.9. The molecule has 0 heterocycles. The zero-order valence-corrected chi connectivity index (χ0v) is 19.2. The molecule has 2 aromatic rings. The minimum atomic E-state index is 0.118. The summed E-state index contributed by atoms with van der Waals surface area (Å²) in [5, 5.41) is 1.60. The lowest BCUT2D eigenvalue weighted by atomic mass is 9.86. The maximum Gasteiger partial charge on any atom is 0.0988 e. The molecule has 1 heteroatoms. The van der Waals surface area contributed by atoms with Gasteiger partial charge in [-0.05, 0) is 89.6 Å². The quantitative estimate of drug-likeness (QED) is 0.550. The van der Waals surface area contributed by atoms with Gasteiger partial charge in [-0.3, -0.25) is 0 Å². The molecule has 0 aromatic heterocycles. The first-order valence-electron chi connectivity index (χ1n) is 9.93. The molecule has 0 aliphatic heterocycles. The van der Waals surface area contributed by atoms with Crippen LogP contribution in [0, 0.1) is 27.7 Å². The van der Waals surface area contributed by atoms with Crippen LogP contribution in [-0.4, -0.2) is 9.52 Å². The van der Waals surface area contributed by atoms with Crippen molar-refractivity contribution >= 4 is 14.7 Å². The Morgan fingerprint density at radius 2 is 1.30 bits per heavy atom. The summed E-state index contributed by atoms with van der Waals surface area (Å²) in [5.41, 5.74) is 13.2. The van der Waals surface area contributed by atoms with Crippen molar-refractivity contribution in [3.8, 4) is 0 Å². The average molecular weight is 373 g/mol. The Labute approximate surface area is 168 Å². The smallest absolute Gasteiger partial charge is 0.0624 e. The summed E-state index contributed by atoms with van der Waals surface area (Å²) in [5.74, 6) is 0. The van der Waals surface area contributed by atoms with Crippen LogP contribution in [0.25, 0.3) is 0 Å². The van der Waals surface area contributed by atoms with E-state index in [9.17, 15) is 0 Å². The average Bonchev–Trinajstić information content (AvgIpc) is 2.74. The van der Waals surface area contributed by atoms with Crippen LogP contribution in [0.4, 0.5) is 0 Å². The van der Waals surface area contributed by atoms with Crippen LogP contribution in [0.5, 0.6) is 0 Å². The summed E-state index contributed by atoms with van der Waals surface area (Å²) < 4.78 is 0. The second-order valence-corrected chi connectivity index (χ2v) is 10.1. The maximum absolute atomic E-state index is 2.39. The van der Waals surface area contributed by atoms with Crippen LogP contribution in [0.3, 0.4) is 0 Å². The normalized spacial score (nSPS) is 16.4. The molecule has 0 bridgehead atoms. The fraction of sp³-hybridized carbons (Fsp3) is 0.385. The molecule has 140 valence electrons. The highest BCUT2D eigenvalue weighted by Gasteiger charge is 2.41. The van der Waals surface area contributed by atoms with Gasteiger partial charge in [-0.1, -0.05) is 63.9 Å². The minimum absolute atomic E-state index is 0.118. The lowest BCUT2D eigenvalue weighted by molar-refractivity contribution is 0.732. The van der Waals surface area contributed by atoms with Gasteiger partial charge in [-0.2, -0.15) is 0 Å². The highest BCUT2D eigenvalue weighted by molar-refractivity contribution is 6.59. The number of allylic oxidation sites excluding steroid dienone is 4. The molecule has 0 amide bonds. The molecule has 0 fully saturated rings. The Bertz CT molecular complexity index is 912. The summed E-state index contributed by atoms with van der Waals surface area (Å²) >= 11 is 0. The van der Waals surface area contributed by atoms with Crippen LogP contribution < -0.4 is 5.19 Å². The molecule has 0 N–H and O–H groups in total. The molecule has 0 atom stereocenters.